The number of phenolic OH excluding ortho intramolecular Hbond substituents is 1. The van der Waals surface area contributed by atoms with Crippen LogP contribution in [-0.4, -0.2) is 95.9 Å². The zero-order valence-corrected chi connectivity index (χ0v) is 46.7. The van der Waals surface area contributed by atoms with E-state index in [1.54, 1.807) is 12.1 Å². The molecule has 0 amide bonds. The zero-order valence-electron chi connectivity index (χ0n) is 46.7. The predicted molar refractivity (Wildman–Crippen MR) is 311 cm³/mol. The highest BCUT2D eigenvalue weighted by atomic mass is 16.6. The highest BCUT2D eigenvalue weighted by Gasteiger charge is 2.71. The maximum absolute atomic E-state index is 14.6. The summed E-state index contributed by atoms with van der Waals surface area (Å²) >= 11 is 0. The molecule has 3 aromatic carbocycles. The fourth-order valence-electron chi connectivity index (χ4n) is 18.0. The number of piperidine rings is 1. The van der Waals surface area contributed by atoms with Crippen molar-refractivity contribution in [2.24, 2.45) is 63.9 Å². The van der Waals surface area contributed by atoms with Gasteiger partial charge >= 0.3 is 0 Å². The van der Waals surface area contributed by atoms with E-state index in [4.69, 9.17) is 10.5 Å². The largest absolute Gasteiger partial charge is 0.504 e. The van der Waals surface area contributed by atoms with Crippen LogP contribution in [0.4, 0.5) is 0 Å². The quantitative estimate of drug-likeness (QED) is 0.0202. The van der Waals surface area contributed by atoms with Gasteiger partial charge in [0, 0.05) is 37.8 Å². The summed E-state index contributed by atoms with van der Waals surface area (Å²) in [4.78, 5) is 28.9. The third kappa shape index (κ3) is 11.9. The number of hydrogen-bond acceptors (Lipinski definition) is 12. The van der Waals surface area contributed by atoms with Crippen molar-refractivity contribution in [2.45, 2.75) is 147 Å². The summed E-state index contributed by atoms with van der Waals surface area (Å²) in [6.45, 7) is 4.45. The molecule has 10 N–H and O–H groups in total. The van der Waals surface area contributed by atoms with Gasteiger partial charge in [-0.25, -0.2) is 0 Å². The summed E-state index contributed by atoms with van der Waals surface area (Å²) in [5, 5.41) is 58.0. The Labute approximate surface area is 469 Å². The lowest BCUT2D eigenvalue weighted by Crippen LogP contribution is -2.58. The summed E-state index contributed by atoms with van der Waals surface area (Å²) in [7, 11) is 0. The first-order valence-electron chi connectivity index (χ1n) is 30.4. The fourth-order valence-corrected chi connectivity index (χ4v) is 18.0. The van der Waals surface area contributed by atoms with Gasteiger partial charge in [-0.1, -0.05) is 79.6 Å². The van der Waals surface area contributed by atoms with Crippen LogP contribution in [0.2, 0.25) is 0 Å². The van der Waals surface area contributed by atoms with Gasteiger partial charge in [0.2, 0.25) is 0 Å². The molecule has 7 fully saturated rings. The number of aromatic hydroxyl groups is 1. The highest BCUT2D eigenvalue weighted by molar-refractivity contribution is 6.08. The molecule has 3 heterocycles. The normalized spacial score (nSPS) is 31.9. The number of nitrogens with one attached hydrogen (secondary N) is 4. The first-order chi connectivity index (χ1) is 38.4. The lowest BCUT2D eigenvalue weighted by molar-refractivity contribution is -0.127. The number of aryl methyl sites for hydroxylation is 3. The SMILES string of the molecule is C[C@H](O)CN[C@H]1[C@H]2CC[C@H]3C[C@@H](C14CCCC4)[C@]2(C[C@@H]1[C@@H]2CCNC[C@@H]2C[C@@H]2C=CCN[C@@H]12)C[C@H]3CC(=O)CC(=O)/C=C(\CO)c1cc(OCO)c(O)cc1CC1=CNC(N)C=C1CCc1cccc(CCc2ccccc2)c1. The van der Waals surface area contributed by atoms with Gasteiger partial charge < -0.3 is 52.2 Å². The Morgan fingerprint density at radius 2 is 1.71 bits per heavy atom. The van der Waals surface area contributed by atoms with Crippen LogP contribution in [0.1, 0.15) is 125 Å². The van der Waals surface area contributed by atoms with Crippen molar-refractivity contribution in [3.8, 4) is 11.5 Å². The van der Waals surface area contributed by atoms with Crippen molar-refractivity contribution in [1.82, 2.24) is 21.3 Å². The molecule has 1 unspecified atom stereocenters. The molecule has 79 heavy (non-hydrogen) atoms. The average Bonchev–Trinajstić information content (AvgIpc) is 2.25. The molecule has 3 aromatic rings. The van der Waals surface area contributed by atoms with Gasteiger partial charge in [-0.15, -0.1) is 0 Å². The van der Waals surface area contributed by atoms with Gasteiger partial charge in [-0.3, -0.25) is 9.59 Å². The van der Waals surface area contributed by atoms with Gasteiger partial charge in [0.15, 0.2) is 24.1 Å². The van der Waals surface area contributed by atoms with Gasteiger partial charge in [0.1, 0.15) is 5.78 Å². The molecule has 9 aliphatic rings. The van der Waals surface area contributed by atoms with Crippen molar-refractivity contribution >= 4 is 17.1 Å². The van der Waals surface area contributed by atoms with E-state index in [2.05, 4.69) is 82.0 Å². The van der Waals surface area contributed by atoms with Crippen molar-refractivity contribution in [2.75, 3.05) is 39.6 Å². The summed E-state index contributed by atoms with van der Waals surface area (Å²) < 4.78 is 5.45. The number of ether oxygens (including phenoxy) is 1. The van der Waals surface area contributed by atoms with E-state index < -0.39 is 19.5 Å². The van der Waals surface area contributed by atoms with Crippen molar-refractivity contribution in [1.29, 1.82) is 0 Å². The third-order valence-electron chi connectivity index (χ3n) is 21.2. The minimum absolute atomic E-state index is 0.0222. The number of aliphatic hydroxyl groups is 3. The number of aliphatic hydroxyl groups excluding tert-OH is 3. The number of rotatable bonds is 22. The van der Waals surface area contributed by atoms with Crippen molar-refractivity contribution in [3.05, 3.63) is 136 Å². The number of fused-ring (bicyclic) bond motifs is 4. The molecule has 1 saturated heterocycles. The minimum atomic E-state index is -0.676. The predicted octanol–water partition coefficient (Wildman–Crippen LogP) is 8.41. The number of carbonyl (C=O) groups excluding carboxylic acids is 2. The van der Waals surface area contributed by atoms with Crippen LogP contribution in [0.25, 0.3) is 5.57 Å². The monoisotopic (exact) mass is 1080 g/mol. The molecule has 0 radical (unpaired) electrons. The number of carbonyl (C=O) groups is 2. The van der Waals surface area contributed by atoms with Crippen LogP contribution < -0.4 is 31.7 Å². The summed E-state index contributed by atoms with van der Waals surface area (Å²) in [5.74, 6) is 3.54. The lowest BCUT2D eigenvalue weighted by atomic mass is 9.50. The highest BCUT2D eigenvalue weighted by Crippen LogP contribution is 2.75. The molecule has 3 aliphatic heterocycles. The number of dihydropyridines is 1. The number of phenols is 1. The van der Waals surface area contributed by atoms with Crippen molar-refractivity contribution < 1.29 is 34.8 Å². The van der Waals surface area contributed by atoms with Crippen LogP contribution in [0.3, 0.4) is 0 Å². The number of benzene rings is 3. The maximum Gasteiger partial charge on any atom is 0.186 e. The molecule has 0 aromatic heterocycles. The number of hydrogen-bond donors (Lipinski definition) is 9. The fraction of sp³-hybridized carbons (Fsp3) is 0.582. The average molecular weight is 1080 g/mol. The van der Waals surface area contributed by atoms with Crippen LogP contribution in [0.15, 0.2) is 108 Å². The molecule has 6 saturated carbocycles. The van der Waals surface area contributed by atoms with E-state index in [0.717, 1.165) is 82.1 Å². The Morgan fingerprint density at radius 1 is 0.924 bits per heavy atom. The molecule has 1 spiro atoms. The number of Topliss-reactive ketones (excluding diaryl/α,β-unsaturated/α-hetero) is 1. The molecular formula is C67H89N5O7. The van der Waals surface area contributed by atoms with E-state index in [9.17, 15) is 30.0 Å². The van der Waals surface area contributed by atoms with E-state index in [1.165, 1.54) is 67.7 Å². The second-order valence-corrected chi connectivity index (χ2v) is 25.7. The van der Waals surface area contributed by atoms with Gasteiger partial charge in [-0.05, 0) is 237 Å². The van der Waals surface area contributed by atoms with Crippen molar-refractivity contribution in [3.63, 3.8) is 0 Å². The van der Waals surface area contributed by atoms with E-state index >= 15 is 0 Å². The van der Waals surface area contributed by atoms with Gasteiger partial charge in [-0.2, -0.15) is 0 Å². The van der Waals surface area contributed by atoms with Crippen LogP contribution in [0.5, 0.6) is 11.5 Å². The lowest BCUT2D eigenvalue weighted by Gasteiger charge is -2.56. The summed E-state index contributed by atoms with van der Waals surface area (Å²) in [6, 6.07) is 23.2. The van der Waals surface area contributed by atoms with Crippen LogP contribution in [0, 0.1) is 58.2 Å². The molecule has 6 aliphatic carbocycles. The Balaban J connectivity index is 0.820. The number of allylic oxidation sites excluding steroid dienone is 3. The summed E-state index contributed by atoms with van der Waals surface area (Å²) in [5.41, 5.74) is 14.0. The molecular weight excluding hydrogens is 987 g/mol. The maximum atomic E-state index is 14.6. The second-order valence-electron chi connectivity index (χ2n) is 25.7. The van der Waals surface area contributed by atoms with E-state index in [1.807, 2.05) is 25.3 Å². The Kier molecular flexibility index (Phi) is 17.5. The smallest absolute Gasteiger partial charge is 0.186 e. The third-order valence-corrected chi connectivity index (χ3v) is 21.2. The van der Waals surface area contributed by atoms with E-state index in [-0.39, 0.29) is 52.4 Å². The minimum Gasteiger partial charge on any atom is -0.504 e. The second kappa shape index (κ2) is 24.7. The number of ketones is 2. The van der Waals surface area contributed by atoms with Gasteiger partial charge in [0.25, 0.3) is 0 Å². The number of nitrogens with two attached hydrogens (primary N) is 1. The zero-order chi connectivity index (χ0) is 54.7. The van der Waals surface area contributed by atoms with Crippen LogP contribution >= 0.6 is 0 Å². The standard InChI is InChI=1S/C67H89N5O7/c1-42(75)37-72-65-59-19-18-46-31-62(66(65)21-5-6-22-66)67(59,36-58-56-20-24-69-38-52(56)26-48-13-8-23-70-64(48)58)35-50(46)28-54(76)33-55(77)29-53(40-73)57-34-61(79-41-74)60(78)30-49(57)27-51-39-71-63(68)32-47(51)17-16-45-12-7-11-44(25-45)15-14-43-9-3-2-4-10-43/h2-4,7-13,25,29-30,32,34,39,42,46,48,50,52,56,58-59,62-65,69-75,78H,5-6,14-24,26-28,31,33,35-38,40-41,68H2,1H3/b53-29+/t42-,46-,48-,50+,52-,56+,58+,59+,62-,63?,64+,65-,67-/m0/s1. The Bertz CT molecular complexity index is 2770. The summed E-state index contributed by atoms with van der Waals surface area (Å²) in [6.07, 6.45) is 26.4. The van der Waals surface area contributed by atoms with Crippen LogP contribution in [-0.2, 0) is 35.3 Å². The first kappa shape index (κ1) is 56.0. The molecule has 13 atom stereocenters. The first-order valence-corrected chi connectivity index (χ1v) is 30.4. The molecule has 4 bridgehead atoms. The molecule has 12 heteroatoms. The Morgan fingerprint density at radius 3 is 2.49 bits per heavy atom. The van der Waals surface area contributed by atoms with E-state index in [0.29, 0.717) is 89.6 Å². The molecule has 12 nitrogen and oxygen atoms in total. The van der Waals surface area contributed by atoms with Gasteiger partial charge in [0.05, 0.1) is 25.3 Å². The Hall–Kier alpha value is -4.92. The molecule has 12 rings (SSSR count). The topological polar surface area (TPSA) is 198 Å². The molecule has 424 valence electrons.